The van der Waals surface area contributed by atoms with E-state index in [2.05, 4.69) is 29.8 Å². The molecule has 0 saturated carbocycles. The Kier molecular flexibility index (Phi) is 40.4. The van der Waals surface area contributed by atoms with Gasteiger partial charge in [0.2, 0.25) is 17.7 Å². The molecule has 318 valence electrons. The van der Waals surface area contributed by atoms with E-state index in [-0.39, 0.29) is 49.8 Å². The molecule has 0 aromatic rings. The summed E-state index contributed by atoms with van der Waals surface area (Å²) in [5.74, 6) is -1.68. The molecule has 8 heteroatoms. The minimum absolute atomic E-state index is 0.0423. The van der Waals surface area contributed by atoms with Crippen molar-refractivity contribution in [3.05, 3.63) is 0 Å². The van der Waals surface area contributed by atoms with Crippen LogP contribution in [-0.4, -0.2) is 47.9 Å². The number of aliphatic carboxylic acids is 1. The molecule has 0 aromatic heterocycles. The molecule has 8 nitrogen and oxygen atoms in total. The van der Waals surface area contributed by atoms with E-state index in [0.717, 1.165) is 32.1 Å². The predicted octanol–water partition coefficient (Wildman–Crippen LogP) is 12.3. The van der Waals surface area contributed by atoms with Crippen molar-refractivity contribution in [1.29, 1.82) is 0 Å². The number of nitrogens with one attached hydrogen (secondary N) is 3. The van der Waals surface area contributed by atoms with Gasteiger partial charge in [0.25, 0.3) is 0 Å². The van der Waals surface area contributed by atoms with Crippen molar-refractivity contribution in [3.63, 3.8) is 0 Å². The number of rotatable bonds is 43. The van der Waals surface area contributed by atoms with Crippen LogP contribution in [0.3, 0.4) is 0 Å². The average molecular weight is 764 g/mol. The molecule has 0 radical (unpaired) electrons. The summed E-state index contributed by atoms with van der Waals surface area (Å²) in [5.41, 5.74) is 0. The van der Waals surface area contributed by atoms with E-state index in [4.69, 9.17) is 5.11 Å². The lowest BCUT2D eigenvalue weighted by atomic mass is 10.0. The smallest absolute Gasteiger partial charge is 0.303 e. The van der Waals surface area contributed by atoms with Crippen molar-refractivity contribution in [2.24, 2.45) is 0 Å². The van der Waals surface area contributed by atoms with Gasteiger partial charge in [-0.25, -0.2) is 0 Å². The lowest BCUT2D eigenvalue weighted by Crippen LogP contribution is -2.47. The first-order chi connectivity index (χ1) is 26.4. The van der Waals surface area contributed by atoms with Crippen LogP contribution in [0.15, 0.2) is 0 Å². The molecule has 0 heterocycles. The molecule has 4 N–H and O–H groups in total. The highest BCUT2D eigenvalue weighted by molar-refractivity contribution is 5.88. The van der Waals surface area contributed by atoms with Crippen molar-refractivity contribution in [2.45, 2.75) is 257 Å². The first-order valence-electron chi connectivity index (χ1n) is 23.5. The highest BCUT2D eigenvalue weighted by Crippen LogP contribution is 2.15. The van der Waals surface area contributed by atoms with E-state index in [9.17, 15) is 19.2 Å². The molecule has 0 unspecified atom stereocenters. The van der Waals surface area contributed by atoms with Gasteiger partial charge in [-0.2, -0.15) is 0 Å². The molecule has 0 bridgehead atoms. The zero-order chi connectivity index (χ0) is 39.6. The first kappa shape index (κ1) is 51.9. The van der Waals surface area contributed by atoms with E-state index in [0.29, 0.717) is 13.1 Å². The number of carbonyl (C=O) groups excluding carboxylic acids is 3. The maximum atomic E-state index is 13.0. The Labute approximate surface area is 333 Å². The number of hydrogen-bond donors (Lipinski definition) is 4. The van der Waals surface area contributed by atoms with Crippen LogP contribution in [0, 0.1) is 0 Å². The Morgan fingerprint density at radius 2 is 0.722 bits per heavy atom. The summed E-state index contributed by atoms with van der Waals surface area (Å²) < 4.78 is 0. The summed E-state index contributed by atoms with van der Waals surface area (Å²) in [7, 11) is 0. The van der Waals surface area contributed by atoms with Crippen molar-refractivity contribution in [2.75, 3.05) is 13.1 Å². The molecule has 0 fully saturated rings. The van der Waals surface area contributed by atoms with Gasteiger partial charge in [-0.1, -0.05) is 206 Å². The van der Waals surface area contributed by atoms with Crippen LogP contribution in [0.25, 0.3) is 0 Å². The van der Waals surface area contributed by atoms with E-state index < -0.39 is 12.0 Å². The average Bonchev–Trinajstić information content (AvgIpc) is 3.15. The Morgan fingerprint density at radius 3 is 1.07 bits per heavy atom. The molecule has 3 amide bonds. The van der Waals surface area contributed by atoms with Gasteiger partial charge in [0.1, 0.15) is 6.04 Å². The van der Waals surface area contributed by atoms with Gasteiger partial charge in [0.15, 0.2) is 0 Å². The summed E-state index contributed by atoms with van der Waals surface area (Å²) in [4.78, 5) is 48.9. The van der Waals surface area contributed by atoms with Crippen LogP contribution >= 0.6 is 0 Å². The SMILES string of the molecule is CCCCCCCCCCCCCCCCCCNC(=O)CC[C@H](NC(=O)CCCC(=O)O)C(=O)NCCCCCCCCCCCCCCCCCC. The zero-order valence-corrected chi connectivity index (χ0v) is 35.7. The highest BCUT2D eigenvalue weighted by atomic mass is 16.4. The fraction of sp³-hybridized carbons (Fsp3) is 0.913. The van der Waals surface area contributed by atoms with Crippen molar-refractivity contribution < 1.29 is 24.3 Å². The van der Waals surface area contributed by atoms with Crippen LogP contribution < -0.4 is 16.0 Å². The number of unbranched alkanes of at least 4 members (excludes halogenated alkanes) is 30. The monoisotopic (exact) mass is 764 g/mol. The minimum atomic E-state index is -0.947. The fourth-order valence-electron chi connectivity index (χ4n) is 7.21. The van der Waals surface area contributed by atoms with Gasteiger partial charge >= 0.3 is 5.97 Å². The van der Waals surface area contributed by atoms with E-state index >= 15 is 0 Å². The van der Waals surface area contributed by atoms with Gasteiger partial charge in [0.05, 0.1) is 0 Å². The largest absolute Gasteiger partial charge is 0.481 e. The van der Waals surface area contributed by atoms with Crippen molar-refractivity contribution >= 4 is 23.7 Å². The molecule has 0 spiro atoms. The Hall–Kier alpha value is -2.12. The Balaban J connectivity index is 4.05. The van der Waals surface area contributed by atoms with Gasteiger partial charge in [-0.3, -0.25) is 19.2 Å². The van der Waals surface area contributed by atoms with Gasteiger partial charge in [-0.15, -0.1) is 0 Å². The zero-order valence-electron chi connectivity index (χ0n) is 35.7. The maximum absolute atomic E-state index is 13.0. The summed E-state index contributed by atoms with van der Waals surface area (Å²) in [6, 6.07) is -0.801. The number of carbonyl (C=O) groups is 4. The second-order valence-corrected chi connectivity index (χ2v) is 16.2. The normalized spacial score (nSPS) is 11.7. The third kappa shape index (κ3) is 39.6. The van der Waals surface area contributed by atoms with E-state index in [1.807, 2.05) is 0 Å². The van der Waals surface area contributed by atoms with Gasteiger partial charge < -0.3 is 21.1 Å². The molecular formula is C46H89N3O5. The Bertz CT molecular complexity index is 867. The lowest BCUT2D eigenvalue weighted by Gasteiger charge is -2.18. The summed E-state index contributed by atoms with van der Waals surface area (Å²) >= 11 is 0. The third-order valence-corrected chi connectivity index (χ3v) is 10.8. The summed E-state index contributed by atoms with van der Waals surface area (Å²) in [6.45, 7) is 5.72. The molecule has 0 aromatic carbocycles. The predicted molar refractivity (Wildman–Crippen MR) is 228 cm³/mol. The summed E-state index contributed by atoms with van der Waals surface area (Å²) in [5, 5.41) is 17.6. The van der Waals surface area contributed by atoms with Crippen LogP contribution in [0.5, 0.6) is 0 Å². The number of amides is 3. The number of carboxylic acid groups (broad SMARTS) is 1. The molecule has 0 rings (SSSR count). The Morgan fingerprint density at radius 1 is 0.389 bits per heavy atom. The highest BCUT2D eigenvalue weighted by Gasteiger charge is 2.21. The number of carboxylic acids is 1. The number of hydrogen-bond acceptors (Lipinski definition) is 4. The third-order valence-electron chi connectivity index (χ3n) is 10.8. The second kappa shape index (κ2) is 42.0. The van der Waals surface area contributed by atoms with Crippen molar-refractivity contribution in [3.8, 4) is 0 Å². The minimum Gasteiger partial charge on any atom is -0.481 e. The van der Waals surface area contributed by atoms with Crippen molar-refractivity contribution in [1.82, 2.24) is 16.0 Å². The molecule has 0 aliphatic carbocycles. The van der Waals surface area contributed by atoms with Crippen LogP contribution in [0.1, 0.15) is 251 Å². The van der Waals surface area contributed by atoms with Crippen LogP contribution in [0.4, 0.5) is 0 Å². The summed E-state index contributed by atoms with van der Waals surface area (Å²) in [6.07, 6.45) is 42.3. The van der Waals surface area contributed by atoms with Crippen LogP contribution in [0.2, 0.25) is 0 Å². The van der Waals surface area contributed by atoms with Crippen LogP contribution in [-0.2, 0) is 19.2 Å². The molecule has 0 aliphatic rings. The molecule has 0 aliphatic heterocycles. The van der Waals surface area contributed by atoms with E-state index in [1.165, 1.54) is 173 Å². The van der Waals surface area contributed by atoms with E-state index in [1.54, 1.807) is 0 Å². The standard InChI is InChI=1S/C46H89N3O5/c1-3-5-7-9-11-13-15-17-19-21-23-25-27-29-31-33-40-47-43(50)39-38-42(49-44(51)36-35-37-45(52)53)46(54)48-41-34-32-30-28-26-24-22-20-18-16-14-12-10-8-6-4-2/h42H,3-41H2,1-2H3,(H,47,50)(H,48,54)(H,49,51)(H,52,53)/t42-/m0/s1. The topological polar surface area (TPSA) is 125 Å². The van der Waals surface area contributed by atoms with Gasteiger partial charge in [0, 0.05) is 32.4 Å². The van der Waals surface area contributed by atoms with Gasteiger partial charge in [-0.05, 0) is 25.7 Å². The maximum Gasteiger partial charge on any atom is 0.303 e. The molecule has 54 heavy (non-hydrogen) atoms. The fourth-order valence-corrected chi connectivity index (χ4v) is 7.21. The molecule has 0 saturated heterocycles. The second-order valence-electron chi connectivity index (χ2n) is 16.2. The quantitative estimate of drug-likeness (QED) is 0.0460. The molecular weight excluding hydrogens is 675 g/mol. The molecule has 1 atom stereocenters. The lowest BCUT2D eigenvalue weighted by molar-refractivity contribution is -0.137. The first-order valence-corrected chi connectivity index (χ1v) is 23.5.